The quantitative estimate of drug-likeness (QED) is 0.889. The average molecular weight is 297 g/mol. The molecule has 0 radical (unpaired) electrons. The van der Waals surface area contributed by atoms with Gasteiger partial charge in [0.2, 0.25) is 0 Å². The van der Waals surface area contributed by atoms with E-state index in [-0.39, 0.29) is 12.4 Å². The Hall–Kier alpha value is -0.570. The van der Waals surface area contributed by atoms with Crippen molar-refractivity contribution in [2.75, 3.05) is 26.7 Å². The van der Waals surface area contributed by atoms with Crippen LogP contribution in [0.5, 0.6) is 0 Å². The van der Waals surface area contributed by atoms with Gasteiger partial charge in [0.25, 0.3) is 0 Å². The lowest BCUT2D eigenvalue weighted by Gasteiger charge is -2.36. The highest BCUT2D eigenvalue weighted by Gasteiger charge is 2.23. The van der Waals surface area contributed by atoms with Gasteiger partial charge < -0.3 is 5.32 Å². The lowest BCUT2D eigenvalue weighted by molar-refractivity contribution is 0.137. The molecule has 0 aliphatic carbocycles. The molecule has 1 aromatic rings. The summed E-state index contributed by atoms with van der Waals surface area (Å²) in [6.07, 6.45) is 4.05. The Morgan fingerprint density at radius 3 is 2.60 bits per heavy atom. The predicted molar refractivity (Wildman–Crippen MR) is 89.7 cm³/mol. The van der Waals surface area contributed by atoms with Gasteiger partial charge in [-0.25, -0.2) is 0 Å². The zero-order valence-electron chi connectivity index (χ0n) is 13.1. The van der Waals surface area contributed by atoms with Gasteiger partial charge in [0.15, 0.2) is 0 Å². The molecule has 1 atom stereocenters. The standard InChI is InChI=1S/C17H28N2.ClH/c1-14-5-4-6-17(13-14)15(2)19-11-8-16(9-12-19)7-10-18-3;/h4-6,13,15-16,18H,7-12H2,1-3H3;1H. The largest absolute Gasteiger partial charge is 0.320 e. The van der Waals surface area contributed by atoms with E-state index in [0.717, 1.165) is 12.5 Å². The third-order valence-corrected chi connectivity index (χ3v) is 4.52. The summed E-state index contributed by atoms with van der Waals surface area (Å²) in [6.45, 7) is 8.20. The molecular weight excluding hydrogens is 268 g/mol. The highest BCUT2D eigenvalue weighted by atomic mass is 35.5. The third-order valence-electron chi connectivity index (χ3n) is 4.52. The normalized spacial score (nSPS) is 18.6. The summed E-state index contributed by atoms with van der Waals surface area (Å²) in [5.74, 6) is 0.924. The lowest BCUT2D eigenvalue weighted by Crippen LogP contribution is -2.36. The Bertz CT molecular complexity index is 386. The van der Waals surface area contributed by atoms with Crippen molar-refractivity contribution in [1.29, 1.82) is 0 Å². The Morgan fingerprint density at radius 1 is 1.30 bits per heavy atom. The first-order valence-electron chi connectivity index (χ1n) is 7.66. The van der Waals surface area contributed by atoms with Crippen molar-refractivity contribution in [1.82, 2.24) is 10.2 Å². The van der Waals surface area contributed by atoms with Gasteiger partial charge in [0.1, 0.15) is 0 Å². The maximum absolute atomic E-state index is 3.27. The highest BCUT2D eigenvalue weighted by molar-refractivity contribution is 5.85. The van der Waals surface area contributed by atoms with Crippen molar-refractivity contribution < 1.29 is 0 Å². The van der Waals surface area contributed by atoms with Gasteiger partial charge in [-0.3, -0.25) is 4.90 Å². The van der Waals surface area contributed by atoms with Crippen LogP contribution >= 0.6 is 12.4 Å². The molecule has 1 N–H and O–H groups in total. The van der Waals surface area contributed by atoms with Gasteiger partial charge in [-0.1, -0.05) is 29.8 Å². The van der Waals surface area contributed by atoms with Gasteiger partial charge in [-0.15, -0.1) is 12.4 Å². The SMILES string of the molecule is CNCCC1CCN(C(C)c2cccc(C)c2)CC1.Cl. The van der Waals surface area contributed by atoms with E-state index in [1.54, 1.807) is 0 Å². The third kappa shape index (κ3) is 4.76. The Kier molecular flexibility index (Phi) is 7.57. The molecule has 1 saturated heterocycles. The van der Waals surface area contributed by atoms with Crippen LogP contribution in [0.25, 0.3) is 0 Å². The zero-order valence-corrected chi connectivity index (χ0v) is 13.9. The lowest BCUT2D eigenvalue weighted by atomic mass is 9.92. The van der Waals surface area contributed by atoms with Crippen LogP contribution in [0.3, 0.4) is 0 Å². The number of halogens is 1. The molecule has 0 aromatic heterocycles. The molecule has 1 aliphatic rings. The smallest absolute Gasteiger partial charge is 0.0319 e. The fraction of sp³-hybridized carbons (Fsp3) is 0.647. The highest BCUT2D eigenvalue weighted by Crippen LogP contribution is 2.28. The summed E-state index contributed by atoms with van der Waals surface area (Å²) in [5.41, 5.74) is 2.84. The van der Waals surface area contributed by atoms with E-state index in [0.29, 0.717) is 6.04 Å². The monoisotopic (exact) mass is 296 g/mol. The zero-order chi connectivity index (χ0) is 13.7. The molecule has 0 spiro atoms. The first-order chi connectivity index (χ1) is 9.20. The van der Waals surface area contributed by atoms with E-state index in [2.05, 4.69) is 55.4 Å². The fourth-order valence-corrected chi connectivity index (χ4v) is 3.12. The number of benzene rings is 1. The van der Waals surface area contributed by atoms with E-state index < -0.39 is 0 Å². The number of hydrogen-bond acceptors (Lipinski definition) is 2. The number of rotatable bonds is 5. The number of aryl methyl sites for hydroxylation is 1. The number of piperidine rings is 1. The summed E-state index contributed by atoms with van der Waals surface area (Å²) >= 11 is 0. The molecule has 1 unspecified atom stereocenters. The second-order valence-corrected chi connectivity index (χ2v) is 5.96. The minimum atomic E-state index is 0. The van der Waals surface area contributed by atoms with Crippen LogP contribution in [0.2, 0.25) is 0 Å². The van der Waals surface area contributed by atoms with Crippen molar-refractivity contribution in [2.45, 2.75) is 39.2 Å². The number of hydrogen-bond donors (Lipinski definition) is 1. The van der Waals surface area contributed by atoms with Gasteiger partial charge in [-0.2, -0.15) is 0 Å². The van der Waals surface area contributed by atoms with Gasteiger partial charge in [-0.05, 0) is 71.3 Å². The van der Waals surface area contributed by atoms with Gasteiger partial charge >= 0.3 is 0 Å². The van der Waals surface area contributed by atoms with E-state index in [9.17, 15) is 0 Å². The van der Waals surface area contributed by atoms with E-state index in [1.165, 1.54) is 43.5 Å². The summed E-state index contributed by atoms with van der Waals surface area (Å²) in [4.78, 5) is 2.64. The minimum Gasteiger partial charge on any atom is -0.320 e. The van der Waals surface area contributed by atoms with Crippen molar-refractivity contribution in [3.8, 4) is 0 Å². The first-order valence-corrected chi connectivity index (χ1v) is 7.66. The van der Waals surface area contributed by atoms with Crippen LogP contribution in [0.4, 0.5) is 0 Å². The predicted octanol–water partition coefficient (Wildman–Crippen LogP) is 3.80. The number of nitrogens with one attached hydrogen (secondary N) is 1. The van der Waals surface area contributed by atoms with Crippen molar-refractivity contribution in [3.05, 3.63) is 35.4 Å². The maximum Gasteiger partial charge on any atom is 0.0319 e. The summed E-state index contributed by atoms with van der Waals surface area (Å²) < 4.78 is 0. The van der Waals surface area contributed by atoms with Gasteiger partial charge in [0, 0.05) is 6.04 Å². The molecule has 2 nitrogen and oxygen atoms in total. The van der Waals surface area contributed by atoms with Gasteiger partial charge in [0.05, 0.1) is 0 Å². The van der Waals surface area contributed by atoms with Crippen molar-refractivity contribution >= 4 is 12.4 Å². The molecule has 0 amide bonds. The number of nitrogens with zero attached hydrogens (tertiary/aromatic N) is 1. The molecule has 0 saturated carbocycles. The van der Waals surface area contributed by atoms with Crippen molar-refractivity contribution in [3.63, 3.8) is 0 Å². The minimum absolute atomic E-state index is 0. The molecule has 1 heterocycles. The summed E-state index contributed by atoms with van der Waals surface area (Å²) in [7, 11) is 2.05. The molecule has 3 heteroatoms. The van der Waals surface area contributed by atoms with Crippen LogP contribution < -0.4 is 5.32 Å². The van der Waals surface area contributed by atoms with E-state index in [4.69, 9.17) is 0 Å². The first kappa shape index (κ1) is 17.5. The van der Waals surface area contributed by atoms with E-state index in [1.807, 2.05) is 0 Å². The second kappa shape index (κ2) is 8.66. The molecule has 0 bridgehead atoms. The summed E-state index contributed by atoms with van der Waals surface area (Å²) in [6, 6.07) is 9.52. The molecule has 1 aliphatic heterocycles. The van der Waals surface area contributed by atoms with Crippen LogP contribution in [-0.4, -0.2) is 31.6 Å². The Balaban J connectivity index is 0.00000200. The second-order valence-electron chi connectivity index (χ2n) is 5.96. The fourth-order valence-electron chi connectivity index (χ4n) is 3.12. The molecule has 1 fully saturated rings. The van der Waals surface area contributed by atoms with Crippen LogP contribution in [-0.2, 0) is 0 Å². The van der Waals surface area contributed by atoms with Crippen LogP contribution in [0.15, 0.2) is 24.3 Å². The number of likely N-dealkylation sites (tertiary alicyclic amines) is 1. The average Bonchev–Trinajstić information content (AvgIpc) is 2.45. The topological polar surface area (TPSA) is 15.3 Å². The molecule has 114 valence electrons. The maximum atomic E-state index is 3.27. The summed E-state index contributed by atoms with van der Waals surface area (Å²) in [5, 5.41) is 3.27. The Labute approximate surface area is 130 Å². The van der Waals surface area contributed by atoms with Crippen LogP contribution in [0, 0.1) is 12.8 Å². The van der Waals surface area contributed by atoms with Crippen LogP contribution in [0.1, 0.15) is 43.4 Å². The van der Waals surface area contributed by atoms with Crippen molar-refractivity contribution in [2.24, 2.45) is 5.92 Å². The molecular formula is C17H29ClN2. The molecule has 1 aromatic carbocycles. The Morgan fingerprint density at radius 2 is 2.00 bits per heavy atom. The molecule has 2 rings (SSSR count). The van der Waals surface area contributed by atoms with E-state index >= 15 is 0 Å². The molecule has 20 heavy (non-hydrogen) atoms.